The Labute approximate surface area is 160 Å². The number of nitrogens with zero attached hydrogens (tertiary/aromatic N) is 2. The zero-order valence-corrected chi connectivity index (χ0v) is 15.7. The number of benzene rings is 2. The van der Waals surface area contributed by atoms with E-state index in [0.29, 0.717) is 30.9 Å². The van der Waals surface area contributed by atoms with Crippen LogP contribution in [0, 0.1) is 6.92 Å². The molecule has 6 heteroatoms. The molecule has 6 nitrogen and oxygen atoms in total. The van der Waals surface area contributed by atoms with E-state index in [1.165, 1.54) is 0 Å². The number of anilines is 1. The van der Waals surface area contributed by atoms with Crippen molar-refractivity contribution < 1.29 is 14.6 Å². The van der Waals surface area contributed by atoms with Gasteiger partial charge in [0.05, 0.1) is 0 Å². The van der Waals surface area contributed by atoms with Crippen LogP contribution in [0.2, 0.25) is 0 Å². The van der Waals surface area contributed by atoms with E-state index in [-0.39, 0.29) is 12.5 Å². The average molecular weight is 369 g/mol. The predicted octanol–water partition coefficient (Wildman–Crippen LogP) is 1.77. The number of rotatable bonds is 6. The molecule has 1 aliphatic rings. The Hall–Kier alpha value is -2.57. The molecule has 0 aromatic heterocycles. The topological polar surface area (TPSA) is 79.0 Å². The minimum atomic E-state index is -0.566. The molecule has 2 aromatic carbocycles. The predicted molar refractivity (Wildman–Crippen MR) is 106 cm³/mol. The van der Waals surface area contributed by atoms with Crippen LogP contribution in [-0.2, 0) is 0 Å². The van der Waals surface area contributed by atoms with Gasteiger partial charge < -0.3 is 20.5 Å². The Morgan fingerprint density at radius 3 is 2.56 bits per heavy atom. The third kappa shape index (κ3) is 5.21. The Morgan fingerprint density at radius 2 is 1.85 bits per heavy atom. The van der Waals surface area contributed by atoms with Crippen molar-refractivity contribution >= 4 is 11.6 Å². The summed E-state index contributed by atoms with van der Waals surface area (Å²) in [6, 6.07) is 14.9. The molecular formula is C21H27N3O3. The first-order chi connectivity index (χ1) is 13.0. The summed E-state index contributed by atoms with van der Waals surface area (Å²) in [4.78, 5) is 16.8. The van der Waals surface area contributed by atoms with Gasteiger partial charge in [-0.3, -0.25) is 9.69 Å². The molecule has 144 valence electrons. The van der Waals surface area contributed by atoms with Gasteiger partial charge in [-0.15, -0.1) is 0 Å². The maximum absolute atomic E-state index is 12.7. The van der Waals surface area contributed by atoms with Gasteiger partial charge in [-0.05, 0) is 36.8 Å². The van der Waals surface area contributed by atoms with Gasteiger partial charge in [0, 0.05) is 44.0 Å². The van der Waals surface area contributed by atoms with Crippen molar-refractivity contribution in [3.8, 4) is 5.75 Å². The fourth-order valence-electron chi connectivity index (χ4n) is 3.23. The van der Waals surface area contributed by atoms with Crippen LogP contribution < -0.4 is 10.5 Å². The number of para-hydroxylation sites is 1. The van der Waals surface area contributed by atoms with Crippen LogP contribution in [-0.4, -0.2) is 66.2 Å². The van der Waals surface area contributed by atoms with Crippen molar-refractivity contribution in [3.63, 3.8) is 0 Å². The van der Waals surface area contributed by atoms with Crippen molar-refractivity contribution in [2.45, 2.75) is 13.0 Å². The number of aryl methyl sites for hydroxylation is 1. The second-order valence-electron chi connectivity index (χ2n) is 6.95. The van der Waals surface area contributed by atoms with Gasteiger partial charge in [0.2, 0.25) is 0 Å². The highest BCUT2D eigenvalue weighted by Gasteiger charge is 2.24. The van der Waals surface area contributed by atoms with Crippen LogP contribution in [0.4, 0.5) is 5.69 Å². The second-order valence-corrected chi connectivity index (χ2v) is 6.95. The minimum Gasteiger partial charge on any atom is -0.491 e. The fraction of sp³-hybridized carbons (Fsp3) is 0.381. The summed E-state index contributed by atoms with van der Waals surface area (Å²) < 4.78 is 5.60. The highest BCUT2D eigenvalue weighted by Crippen LogP contribution is 2.16. The number of hydrogen-bond acceptors (Lipinski definition) is 5. The van der Waals surface area contributed by atoms with E-state index in [4.69, 9.17) is 10.5 Å². The van der Waals surface area contributed by atoms with E-state index in [0.717, 1.165) is 24.4 Å². The summed E-state index contributed by atoms with van der Waals surface area (Å²) in [5.41, 5.74) is 8.03. The molecule has 0 aliphatic carbocycles. The molecule has 0 radical (unpaired) electrons. The molecule has 2 aromatic rings. The van der Waals surface area contributed by atoms with Gasteiger partial charge in [-0.1, -0.05) is 24.3 Å². The Kier molecular flexibility index (Phi) is 6.32. The number of aliphatic hydroxyl groups excluding tert-OH is 1. The molecule has 1 amide bonds. The fourth-order valence-corrected chi connectivity index (χ4v) is 3.23. The third-order valence-corrected chi connectivity index (χ3v) is 4.81. The Bertz CT molecular complexity index is 759. The molecule has 0 saturated carbocycles. The van der Waals surface area contributed by atoms with Gasteiger partial charge in [-0.2, -0.15) is 0 Å². The molecule has 3 rings (SSSR count). The van der Waals surface area contributed by atoms with Crippen LogP contribution >= 0.6 is 0 Å². The smallest absolute Gasteiger partial charge is 0.254 e. The molecule has 1 fully saturated rings. The number of carbonyl (C=O) groups excluding carboxylic acids is 1. The number of nitrogen functional groups attached to an aromatic ring is 1. The van der Waals surface area contributed by atoms with Crippen molar-refractivity contribution in [2.75, 3.05) is 45.1 Å². The van der Waals surface area contributed by atoms with Crippen molar-refractivity contribution in [1.29, 1.82) is 0 Å². The van der Waals surface area contributed by atoms with Crippen molar-refractivity contribution in [2.24, 2.45) is 0 Å². The average Bonchev–Trinajstić information content (AvgIpc) is 2.69. The molecule has 27 heavy (non-hydrogen) atoms. The zero-order chi connectivity index (χ0) is 19.2. The van der Waals surface area contributed by atoms with Gasteiger partial charge in [-0.25, -0.2) is 0 Å². The number of aliphatic hydroxyl groups is 1. The molecule has 0 bridgehead atoms. The van der Waals surface area contributed by atoms with Crippen LogP contribution in [0.3, 0.4) is 0 Å². The lowest BCUT2D eigenvalue weighted by molar-refractivity contribution is 0.0403. The molecule has 3 N–H and O–H groups in total. The number of ether oxygens (including phenoxy) is 1. The normalized spacial score (nSPS) is 16.1. The number of β-amino-alcohol motifs (C(OH)–C–C–N with tert-alkyl or cyclic N) is 1. The Balaban J connectivity index is 1.45. The summed E-state index contributed by atoms with van der Waals surface area (Å²) >= 11 is 0. The molecule has 0 spiro atoms. The van der Waals surface area contributed by atoms with E-state index in [1.54, 1.807) is 6.07 Å². The highest BCUT2D eigenvalue weighted by molar-refractivity contribution is 5.96. The van der Waals surface area contributed by atoms with Gasteiger partial charge >= 0.3 is 0 Å². The lowest BCUT2D eigenvalue weighted by atomic mass is 10.1. The highest BCUT2D eigenvalue weighted by atomic mass is 16.5. The number of hydrogen-bond donors (Lipinski definition) is 2. The van der Waals surface area contributed by atoms with E-state index >= 15 is 0 Å². The lowest BCUT2D eigenvalue weighted by Gasteiger charge is -2.35. The molecule has 1 atom stereocenters. The van der Waals surface area contributed by atoms with Crippen molar-refractivity contribution in [1.82, 2.24) is 9.80 Å². The van der Waals surface area contributed by atoms with Crippen molar-refractivity contribution in [3.05, 3.63) is 59.7 Å². The summed E-state index contributed by atoms with van der Waals surface area (Å²) in [5.74, 6) is 0.775. The van der Waals surface area contributed by atoms with Gasteiger partial charge in [0.1, 0.15) is 18.5 Å². The standard InChI is InChI=1S/C21H27N3O3/c1-16-7-8-17(22)13-20(16)21(26)24-11-9-23(10-12-24)14-18(25)15-27-19-5-3-2-4-6-19/h2-8,13,18,25H,9-12,14-15,22H2,1H3. The number of piperazine rings is 1. The first-order valence-electron chi connectivity index (χ1n) is 9.26. The van der Waals surface area contributed by atoms with E-state index in [2.05, 4.69) is 4.90 Å². The SMILES string of the molecule is Cc1ccc(N)cc1C(=O)N1CCN(CC(O)COc2ccccc2)CC1. The van der Waals surface area contributed by atoms with Crippen LogP contribution in [0.15, 0.2) is 48.5 Å². The minimum absolute atomic E-state index is 0.0207. The largest absolute Gasteiger partial charge is 0.491 e. The molecule has 1 heterocycles. The van der Waals surface area contributed by atoms with Gasteiger partial charge in [0.15, 0.2) is 0 Å². The number of amides is 1. The molecular weight excluding hydrogens is 342 g/mol. The number of carbonyl (C=O) groups is 1. The quantitative estimate of drug-likeness (QED) is 0.759. The maximum atomic E-state index is 12.7. The summed E-state index contributed by atoms with van der Waals surface area (Å²) in [7, 11) is 0. The molecule has 1 aliphatic heterocycles. The lowest BCUT2D eigenvalue weighted by Crippen LogP contribution is -2.51. The third-order valence-electron chi connectivity index (χ3n) is 4.81. The van der Waals surface area contributed by atoms with E-state index in [1.807, 2.05) is 54.3 Å². The number of nitrogens with two attached hydrogens (primary N) is 1. The van der Waals surface area contributed by atoms with Crippen LogP contribution in [0.5, 0.6) is 5.75 Å². The van der Waals surface area contributed by atoms with E-state index < -0.39 is 6.10 Å². The van der Waals surface area contributed by atoms with E-state index in [9.17, 15) is 9.90 Å². The van der Waals surface area contributed by atoms with Gasteiger partial charge in [0.25, 0.3) is 5.91 Å². The Morgan fingerprint density at radius 1 is 1.15 bits per heavy atom. The summed E-state index contributed by atoms with van der Waals surface area (Å²) in [5, 5.41) is 10.2. The summed E-state index contributed by atoms with van der Waals surface area (Å²) in [6.07, 6.45) is -0.566. The van der Waals surface area contributed by atoms with Crippen LogP contribution in [0.25, 0.3) is 0 Å². The van der Waals surface area contributed by atoms with Crippen LogP contribution in [0.1, 0.15) is 15.9 Å². The summed E-state index contributed by atoms with van der Waals surface area (Å²) in [6.45, 7) is 5.45. The first-order valence-corrected chi connectivity index (χ1v) is 9.26. The molecule has 1 unspecified atom stereocenters. The zero-order valence-electron chi connectivity index (χ0n) is 15.7. The maximum Gasteiger partial charge on any atom is 0.254 e. The molecule has 1 saturated heterocycles. The first kappa shape index (κ1) is 19.2. The monoisotopic (exact) mass is 369 g/mol. The second kappa shape index (κ2) is 8.88.